The highest BCUT2D eigenvalue weighted by Gasteiger charge is 2.33. The summed E-state index contributed by atoms with van der Waals surface area (Å²) in [5.74, 6) is -0.921. The minimum Gasteiger partial charge on any atom is -0.352 e. The molecule has 11 heteroatoms. The van der Waals surface area contributed by atoms with Crippen molar-refractivity contribution in [3.8, 4) is 0 Å². The summed E-state index contributed by atoms with van der Waals surface area (Å²) in [7, 11) is -4.25. The van der Waals surface area contributed by atoms with Crippen molar-refractivity contribution < 1.29 is 18.0 Å². The SMILES string of the molecule is CC[C@H](C)NC(=O)[C@@H](C)N(Cc1ccc(Br)cc1)C(=O)CN(c1cc(Cl)ccc1Cl)S(=O)(=O)c1ccc(C)cc1. The van der Waals surface area contributed by atoms with E-state index in [4.69, 9.17) is 23.2 Å². The highest BCUT2D eigenvalue weighted by atomic mass is 79.9. The van der Waals surface area contributed by atoms with Crippen molar-refractivity contribution in [2.75, 3.05) is 10.8 Å². The number of hydrogen-bond acceptors (Lipinski definition) is 4. The van der Waals surface area contributed by atoms with Crippen molar-refractivity contribution in [1.82, 2.24) is 10.2 Å². The van der Waals surface area contributed by atoms with Crippen molar-refractivity contribution in [2.24, 2.45) is 0 Å². The maximum atomic E-state index is 14.0. The average molecular weight is 669 g/mol. The van der Waals surface area contributed by atoms with Gasteiger partial charge < -0.3 is 10.2 Å². The maximum absolute atomic E-state index is 14.0. The number of amides is 2. The van der Waals surface area contributed by atoms with Crippen LogP contribution in [-0.2, 0) is 26.2 Å². The molecule has 0 aliphatic rings. The number of aryl methyl sites for hydroxylation is 1. The number of sulfonamides is 1. The lowest BCUT2D eigenvalue weighted by atomic mass is 10.1. The van der Waals surface area contributed by atoms with Gasteiger partial charge in [-0.3, -0.25) is 13.9 Å². The Kier molecular flexibility index (Phi) is 11.1. The summed E-state index contributed by atoms with van der Waals surface area (Å²) in [6.07, 6.45) is 0.717. The van der Waals surface area contributed by atoms with Gasteiger partial charge in [-0.15, -0.1) is 0 Å². The molecular weight excluding hydrogens is 637 g/mol. The number of nitrogens with one attached hydrogen (secondary N) is 1. The molecule has 3 aromatic rings. The van der Waals surface area contributed by atoms with Crippen molar-refractivity contribution in [3.05, 3.63) is 92.4 Å². The third-order valence-electron chi connectivity index (χ3n) is 6.50. The summed E-state index contributed by atoms with van der Waals surface area (Å²) in [4.78, 5) is 28.5. The number of rotatable bonds is 11. The number of hydrogen-bond donors (Lipinski definition) is 1. The molecule has 0 saturated carbocycles. The van der Waals surface area contributed by atoms with Gasteiger partial charge in [-0.05, 0) is 75.2 Å². The second kappa shape index (κ2) is 13.9. The van der Waals surface area contributed by atoms with Crippen LogP contribution in [0.3, 0.4) is 0 Å². The molecule has 2 amide bonds. The van der Waals surface area contributed by atoms with Gasteiger partial charge in [0.1, 0.15) is 12.6 Å². The number of carbonyl (C=O) groups excluding carboxylic acids is 2. The fourth-order valence-electron chi connectivity index (χ4n) is 3.86. The topological polar surface area (TPSA) is 86.8 Å². The van der Waals surface area contributed by atoms with Crippen LogP contribution in [0.2, 0.25) is 10.0 Å². The highest BCUT2D eigenvalue weighted by Crippen LogP contribution is 2.33. The van der Waals surface area contributed by atoms with Gasteiger partial charge in [0.25, 0.3) is 10.0 Å². The molecule has 0 unspecified atom stereocenters. The zero-order valence-corrected chi connectivity index (χ0v) is 26.6. The van der Waals surface area contributed by atoms with Crippen molar-refractivity contribution in [3.63, 3.8) is 0 Å². The monoisotopic (exact) mass is 667 g/mol. The first-order valence-corrected chi connectivity index (χ1v) is 15.7. The Morgan fingerprint density at radius 2 is 1.60 bits per heavy atom. The van der Waals surface area contributed by atoms with Crippen molar-refractivity contribution in [2.45, 2.75) is 57.6 Å². The highest BCUT2D eigenvalue weighted by molar-refractivity contribution is 9.10. The number of anilines is 1. The Labute approximate surface area is 254 Å². The lowest BCUT2D eigenvalue weighted by molar-refractivity contribution is -0.139. The lowest BCUT2D eigenvalue weighted by Gasteiger charge is -2.32. The molecule has 0 saturated heterocycles. The largest absolute Gasteiger partial charge is 0.352 e. The number of benzene rings is 3. The zero-order chi connectivity index (χ0) is 29.6. The van der Waals surface area contributed by atoms with Crippen LogP contribution in [-0.4, -0.2) is 43.8 Å². The fraction of sp³-hybridized carbons (Fsp3) is 0.310. The molecular formula is C29H32BrCl2N3O4S. The predicted molar refractivity (Wildman–Crippen MR) is 164 cm³/mol. The van der Waals surface area contributed by atoms with Crippen LogP contribution in [0.15, 0.2) is 76.1 Å². The molecule has 40 heavy (non-hydrogen) atoms. The number of nitrogens with zero attached hydrogens (tertiary/aromatic N) is 2. The smallest absolute Gasteiger partial charge is 0.264 e. The third-order valence-corrected chi connectivity index (χ3v) is 9.36. The Hall–Kier alpha value is -2.59. The molecule has 0 heterocycles. The minimum absolute atomic E-state index is 0.0102. The van der Waals surface area contributed by atoms with Crippen LogP contribution in [0.4, 0.5) is 5.69 Å². The normalized spacial score (nSPS) is 12.9. The van der Waals surface area contributed by atoms with Gasteiger partial charge in [0.2, 0.25) is 11.8 Å². The lowest BCUT2D eigenvalue weighted by Crippen LogP contribution is -2.52. The van der Waals surface area contributed by atoms with Crippen LogP contribution in [0.5, 0.6) is 0 Å². The number of halogens is 3. The van der Waals surface area contributed by atoms with Gasteiger partial charge in [-0.1, -0.05) is 75.9 Å². The molecule has 0 radical (unpaired) electrons. The second-order valence-electron chi connectivity index (χ2n) is 9.56. The molecule has 1 N–H and O–H groups in total. The van der Waals surface area contributed by atoms with E-state index >= 15 is 0 Å². The summed E-state index contributed by atoms with van der Waals surface area (Å²) < 4.78 is 29.6. The predicted octanol–water partition coefficient (Wildman–Crippen LogP) is 6.59. The molecule has 0 bridgehead atoms. The summed E-state index contributed by atoms with van der Waals surface area (Å²) in [5.41, 5.74) is 1.71. The first-order chi connectivity index (χ1) is 18.8. The maximum Gasteiger partial charge on any atom is 0.264 e. The van der Waals surface area contributed by atoms with Crippen LogP contribution < -0.4 is 9.62 Å². The molecule has 0 aliphatic heterocycles. The quantitative estimate of drug-likeness (QED) is 0.250. The van der Waals surface area contributed by atoms with E-state index in [0.717, 1.165) is 26.3 Å². The molecule has 0 fully saturated rings. The standard InChI is InChI=1S/C29H32BrCl2N3O4S/c1-5-20(3)33-29(37)21(4)34(17-22-8-10-23(30)11-9-22)28(36)18-35(27-16-24(31)12-15-26(27)32)40(38,39)25-13-6-19(2)7-14-25/h6-16,20-21H,5,17-18H2,1-4H3,(H,33,37)/t20-,21+/m0/s1. The zero-order valence-electron chi connectivity index (χ0n) is 22.7. The van der Waals surface area contributed by atoms with Crippen LogP contribution in [0.25, 0.3) is 0 Å². The molecule has 2 atom stereocenters. The van der Waals surface area contributed by atoms with Gasteiger partial charge >= 0.3 is 0 Å². The van der Waals surface area contributed by atoms with Gasteiger partial charge in [0.15, 0.2) is 0 Å². The van der Waals surface area contributed by atoms with Gasteiger partial charge in [-0.2, -0.15) is 0 Å². The van der Waals surface area contributed by atoms with Gasteiger partial charge in [0, 0.05) is 22.1 Å². The molecule has 0 spiro atoms. The average Bonchev–Trinajstić information content (AvgIpc) is 2.92. The Bertz CT molecular complexity index is 1450. The second-order valence-corrected chi connectivity index (χ2v) is 13.2. The van der Waals surface area contributed by atoms with E-state index in [0.29, 0.717) is 0 Å². The van der Waals surface area contributed by atoms with E-state index in [1.165, 1.54) is 35.2 Å². The molecule has 7 nitrogen and oxygen atoms in total. The summed E-state index contributed by atoms with van der Waals surface area (Å²) >= 11 is 16.1. The molecule has 0 aliphatic carbocycles. The van der Waals surface area contributed by atoms with Gasteiger partial charge in [-0.25, -0.2) is 8.42 Å². The van der Waals surface area contributed by atoms with Crippen LogP contribution >= 0.6 is 39.1 Å². The molecule has 214 valence electrons. The first kappa shape index (κ1) is 31.9. The molecule has 3 aromatic carbocycles. The fourth-order valence-corrected chi connectivity index (χ4v) is 5.99. The Balaban J connectivity index is 2.06. The first-order valence-electron chi connectivity index (χ1n) is 12.7. The summed E-state index contributed by atoms with van der Waals surface area (Å²) in [5, 5.41) is 3.27. The van der Waals surface area contributed by atoms with Crippen molar-refractivity contribution in [1.29, 1.82) is 0 Å². The summed E-state index contributed by atoms with van der Waals surface area (Å²) in [6, 6.07) is 17.1. The number of carbonyl (C=O) groups is 2. The van der Waals surface area contributed by atoms with Crippen LogP contribution in [0.1, 0.15) is 38.3 Å². The van der Waals surface area contributed by atoms with E-state index in [1.54, 1.807) is 19.1 Å². The Morgan fingerprint density at radius 3 is 2.20 bits per heavy atom. The van der Waals surface area contributed by atoms with Crippen molar-refractivity contribution >= 4 is 66.7 Å². The minimum atomic E-state index is -4.25. The van der Waals surface area contributed by atoms with E-state index in [2.05, 4.69) is 21.2 Å². The van der Waals surface area contributed by atoms with Crippen LogP contribution in [0, 0.1) is 6.92 Å². The van der Waals surface area contributed by atoms with E-state index in [9.17, 15) is 18.0 Å². The van der Waals surface area contributed by atoms with E-state index < -0.39 is 28.5 Å². The van der Waals surface area contributed by atoms with Gasteiger partial charge in [0.05, 0.1) is 15.6 Å². The third kappa shape index (κ3) is 8.00. The van der Waals surface area contributed by atoms with E-state index in [-0.39, 0.29) is 39.1 Å². The summed E-state index contributed by atoms with van der Waals surface area (Å²) in [6.45, 7) is 6.78. The Morgan fingerprint density at radius 1 is 0.975 bits per heavy atom. The molecule has 3 rings (SSSR count). The van der Waals surface area contributed by atoms with E-state index in [1.807, 2.05) is 45.0 Å². The molecule has 0 aromatic heterocycles.